The lowest BCUT2D eigenvalue weighted by Gasteiger charge is -2.22. The van der Waals surface area contributed by atoms with Crippen LogP contribution in [0.3, 0.4) is 0 Å². The Morgan fingerprint density at radius 2 is 2.30 bits per heavy atom. The molecule has 0 aliphatic rings. The van der Waals surface area contributed by atoms with Crippen LogP contribution < -0.4 is 5.32 Å². The van der Waals surface area contributed by atoms with Crippen molar-refractivity contribution in [2.75, 3.05) is 20.6 Å². The summed E-state index contributed by atoms with van der Waals surface area (Å²) in [4.78, 5) is 14.1. The second kappa shape index (κ2) is 6.33. The van der Waals surface area contributed by atoms with E-state index in [-0.39, 0.29) is 11.9 Å². The lowest BCUT2D eigenvalue weighted by atomic mass is 10.1. The van der Waals surface area contributed by atoms with E-state index in [0.717, 1.165) is 5.56 Å². The fourth-order valence-corrected chi connectivity index (χ4v) is 2.04. The standard InChI is InChI=1S/C13H20N6O/c1-14-12(11-9-16-18(3)10-11)13(20)17(2)7-8-19-6-4-5-15-19/h4-6,9-10,12,14H,7-8H2,1-3H3. The molecule has 1 unspecified atom stereocenters. The summed E-state index contributed by atoms with van der Waals surface area (Å²) in [5.74, 6) is 0.0210. The van der Waals surface area contributed by atoms with Gasteiger partial charge in [0.25, 0.3) is 0 Å². The van der Waals surface area contributed by atoms with Gasteiger partial charge in [-0.3, -0.25) is 14.2 Å². The van der Waals surface area contributed by atoms with Gasteiger partial charge in [-0.05, 0) is 13.1 Å². The van der Waals surface area contributed by atoms with Crippen LogP contribution in [0.5, 0.6) is 0 Å². The van der Waals surface area contributed by atoms with Gasteiger partial charge in [-0.25, -0.2) is 0 Å². The second-order valence-corrected chi connectivity index (χ2v) is 4.70. The molecule has 108 valence electrons. The zero-order valence-electron chi connectivity index (χ0n) is 12.0. The van der Waals surface area contributed by atoms with Gasteiger partial charge in [0.2, 0.25) is 5.91 Å². The van der Waals surface area contributed by atoms with E-state index in [0.29, 0.717) is 13.1 Å². The average molecular weight is 276 g/mol. The third kappa shape index (κ3) is 3.24. The summed E-state index contributed by atoms with van der Waals surface area (Å²) >= 11 is 0. The molecule has 0 aliphatic carbocycles. The van der Waals surface area contributed by atoms with E-state index in [2.05, 4.69) is 15.5 Å². The first-order chi connectivity index (χ1) is 9.61. The summed E-state index contributed by atoms with van der Waals surface area (Å²) in [5.41, 5.74) is 0.867. The monoisotopic (exact) mass is 276 g/mol. The summed E-state index contributed by atoms with van der Waals surface area (Å²) in [6, 6.07) is 1.50. The zero-order chi connectivity index (χ0) is 14.5. The highest BCUT2D eigenvalue weighted by atomic mass is 16.2. The lowest BCUT2D eigenvalue weighted by molar-refractivity contribution is -0.132. The number of amides is 1. The first-order valence-electron chi connectivity index (χ1n) is 6.50. The minimum Gasteiger partial charge on any atom is -0.342 e. The lowest BCUT2D eigenvalue weighted by Crippen LogP contribution is -2.38. The fraction of sp³-hybridized carbons (Fsp3) is 0.462. The molecule has 1 N–H and O–H groups in total. The highest BCUT2D eigenvalue weighted by molar-refractivity contribution is 5.82. The number of nitrogens with zero attached hydrogens (tertiary/aromatic N) is 5. The van der Waals surface area contributed by atoms with Gasteiger partial charge in [-0.2, -0.15) is 10.2 Å². The number of aryl methyl sites for hydroxylation is 1. The van der Waals surface area contributed by atoms with E-state index >= 15 is 0 Å². The Morgan fingerprint density at radius 3 is 2.85 bits per heavy atom. The first-order valence-corrected chi connectivity index (χ1v) is 6.50. The minimum absolute atomic E-state index is 0.0210. The largest absolute Gasteiger partial charge is 0.342 e. The van der Waals surface area contributed by atoms with Gasteiger partial charge >= 0.3 is 0 Å². The molecule has 0 fully saturated rings. The number of nitrogens with one attached hydrogen (secondary N) is 1. The fourth-order valence-electron chi connectivity index (χ4n) is 2.04. The number of rotatable bonds is 6. The van der Waals surface area contributed by atoms with Crippen molar-refractivity contribution in [3.63, 3.8) is 0 Å². The van der Waals surface area contributed by atoms with Gasteiger partial charge in [0, 0.05) is 44.8 Å². The molecule has 0 saturated carbocycles. The summed E-state index contributed by atoms with van der Waals surface area (Å²) in [6.45, 7) is 1.29. The number of likely N-dealkylation sites (N-methyl/N-ethyl adjacent to an activating group) is 2. The van der Waals surface area contributed by atoms with Gasteiger partial charge in [-0.1, -0.05) is 0 Å². The van der Waals surface area contributed by atoms with Crippen molar-refractivity contribution in [3.8, 4) is 0 Å². The van der Waals surface area contributed by atoms with Crippen LogP contribution in [0.25, 0.3) is 0 Å². The number of carbonyl (C=O) groups is 1. The molecule has 0 radical (unpaired) electrons. The molecule has 0 spiro atoms. The van der Waals surface area contributed by atoms with Crippen LogP contribution in [0.4, 0.5) is 0 Å². The summed E-state index contributed by atoms with van der Waals surface area (Å²) in [7, 11) is 5.41. The van der Waals surface area contributed by atoms with E-state index in [4.69, 9.17) is 0 Å². The maximum Gasteiger partial charge on any atom is 0.244 e. The molecule has 20 heavy (non-hydrogen) atoms. The molecule has 0 aromatic carbocycles. The van der Waals surface area contributed by atoms with E-state index < -0.39 is 0 Å². The second-order valence-electron chi connectivity index (χ2n) is 4.70. The highest BCUT2D eigenvalue weighted by Gasteiger charge is 2.23. The van der Waals surface area contributed by atoms with Gasteiger partial charge in [0.05, 0.1) is 12.7 Å². The molecule has 0 aliphatic heterocycles. The van der Waals surface area contributed by atoms with E-state index in [1.54, 1.807) is 36.1 Å². The Hall–Kier alpha value is -2.15. The number of hydrogen-bond donors (Lipinski definition) is 1. The highest BCUT2D eigenvalue weighted by Crippen LogP contribution is 2.13. The van der Waals surface area contributed by atoms with E-state index in [1.165, 1.54) is 0 Å². The smallest absolute Gasteiger partial charge is 0.244 e. The Bertz CT molecular complexity index is 547. The molecule has 7 nitrogen and oxygen atoms in total. The molecular weight excluding hydrogens is 256 g/mol. The van der Waals surface area contributed by atoms with Crippen LogP contribution in [0.2, 0.25) is 0 Å². The Kier molecular flexibility index (Phi) is 4.52. The maximum atomic E-state index is 12.4. The van der Waals surface area contributed by atoms with E-state index in [1.807, 2.05) is 30.2 Å². The van der Waals surface area contributed by atoms with Crippen molar-refractivity contribution < 1.29 is 4.79 Å². The Labute approximate surface area is 118 Å². The van der Waals surface area contributed by atoms with Crippen LogP contribution in [0, 0.1) is 0 Å². The Balaban J connectivity index is 1.97. The Morgan fingerprint density at radius 1 is 1.50 bits per heavy atom. The SMILES string of the molecule is CNC(C(=O)N(C)CCn1cccn1)c1cnn(C)c1. The van der Waals surface area contributed by atoms with Crippen LogP contribution in [-0.4, -0.2) is 51.0 Å². The third-order valence-corrected chi connectivity index (χ3v) is 3.19. The van der Waals surface area contributed by atoms with Crippen molar-refractivity contribution in [3.05, 3.63) is 36.4 Å². The van der Waals surface area contributed by atoms with E-state index in [9.17, 15) is 4.79 Å². The summed E-state index contributed by atoms with van der Waals surface area (Å²) in [6.07, 6.45) is 7.17. The van der Waals surface area contributed by atoms with Crippen molar-refractivity contribution in [1.82, 2.24) is 29.8 Å². The average Bonchev–Trinajstić information content (AvgIpc) is 3.08. The topological polar surface area (TPSA) is 68.0 Å². The normalized spacial score (nSPS) is 12.3. The minimum atomic E-state index is -0.369. The van der Waals surface area contributed by atoms with Crippen LogP contribution in [0.15, 0.2) is 30.9 Å². The van der Waals surface area contributed by atoms with Crippen molar-refractivity contribution in [2.45, 2.75) is 12.6 Å². The van der Waals surface area contributed by atoms with Crippen LogP contribution in [0.1, 0.15) is 11.6 Å². The van der Waals surface area contributed by atoms with Gasteiger partial charge in [0.15, 0.2) is 0 Å². The maximum absolute atomic E-state index is 12.4. The third-order valence-electron chi connectivity index (χ3n) is 3.19. The zero-order valence-corrected chi connectivity index (χ0v) is 12.0. The predicted octanol–water partition coefficient (Wildman–Crippen LogP) is 0.0357. The van der Waals surface area contributed by atoms with Gasteiger partial charge < -0.3 is 10.2 Å². The van der Waals surface area contributed by atoms with Crippen molar-refractivity contribution in [1.29, 1.82) is 0 Å². The van der Waals surface area contributed by atoms with Gasteiger partial charge in [-0.15, -0.1) is 0 Å². The number of carbonyl (C=O) groups excluding carboxylic acids is 1. The quantitative estimate of drug-likeness (QED) is 0.808. The molecule has 2 rings (SSSR count). The van der Waals surface area contributed by atoms with Crippen molar-refractivity contribution in [2.24, 2.45) is 7.05 Å². The number of aromatic nitrogens is 4. The first kappa shape index (κ1) is 14.3. The predicted molar refractivity (Wildman–Crippen MR) is 74.9 cm³/mol. The molecular formula is C13H20N6O. The molecule has 2 heterocycles. The molecule has 1 atom stereocenters. The molecule has 2 aromatic rings. The molecule has 7 heteroatoms. The molecule has 1 amide bonds. The van der Waals surface area contributed by atoms with Crippen LogP contribution in [-0.2, 0) is 18.4 Å². The van der Waals surface area contributed by atoms with Gasteiger partial charge in [0.1, 0.15) is 6.04 Å². The summed E-state index contributed by atoms with van der Waals surface area (Å²) < 4.78 is 3.50. The molecule has 0 saturated heterocycles. The number of hydrogen-bond acceptors (Lipinski definition) is 4. The van der Waals surface area contributed by atoms with Crippen molar-refractivity contribution >= 4 is 5.91 Å². The molecule has 0 bridgehead atoms. The van der Waals surface area contributed by atoms with Crippen LogP contribution >= 0.6 is 0 Å². The summed E-state index contributed by atoms with van der Waals surface area (Å²) in [5, 5.41) is 11.3. The molecule has 2 aromatic heterocycles.